The van der Waals surface area contributed by atoms with Crippen LogP contribution in [0.3, 0.4) is 0 Å². The summed E-state index contributed by atoms with van der Waals surface area (Å²) < 4.78 is 10.4. The Bertz CT molecular complexity index is 586. The summed E-state index contributed by atoms with van der Waals surface area (Å²) in [6, 6.07) is 5.01. The highest BCUT2D eigenvalue weighted by Gasteiger charge is 2.40. The predicted molar refractivity (Wildman–Crippen MR) is 80.4 cm³/mol. The van der Waals surface area contributed by atoms with Crippen molar-refractivity contribution in [1.82, 2.24) is 4.90 Å². The van der Waals surface area contributed by atoms with E-state index in [-0.39, 0.29) is 12.5 Å². The number of carbonyl (C=O) groups is 2. The lowest BCUT2D eigenvalue weighted by Crippen LogP contribution is -2.48. The maximum atomic E-state index is 12.8. The Balaban J connectivity index is 2.29. The van der Waals surface area contributed by atoms with E-state index in [2.05, 4.69) is 0 Å². The zero-order valence-corrected chi connectivity index (χ0v) is 13.1. The monoisotopic (exact) mass is 307 g/mol. The van der Waals surface area contributed by atoms with E-state index in [9.17, 15) is 14.7 Å². The van der Waals surface area contributed by atoms with Gasteiger partial charge in [0.15, 0.2) is 0 Å². The number of amides is 1. The molecular weight excluding hydrogens is 286 g/mol. The standard InChI is InChI=1S/C16H21NO5/c1-16(15(19)20)7-4-8-17(10-16)14(18)12-9-11(21-2)5-6-13(12)22-3/h5-6,9H,4,7-8,10H2,1-3H3,(H,19,20). The molecule has 1 aromatic carbocycles. The van der Waals surface area contributed by atoms with Gasteiger partial charge < -0.3 is 19.5 Å². The average molecular weight is 307 g/mol. The lowest BCUT2D eigenvalue weighted by molar-refractivity contribution is -0.150. The van der Waals surface area contributed by atoms with Crippen molar-refractivity contribution in [3.8, 4) is 11.5 Å². The number of benzene rings is 1. The van der Waals surface area contributed by atoms with E-state index in [1.807, 2.05) is 0 Å². The second-order valence-corrected chi connectivity index (χ2v) is 5.76. The molecular formula is C16H21NO5. The SMILES string of the molecule is COc1ccc(OC)c(C(=O)N2CCCC(C)(C(=O)O)C2)c1. The third kappa shape index (κ3) is 3.00. The molecule has 1 amide bonds. The molecule has 1 heterocycles. The number of carboxylic acids is 1. The van der Waals surface area contributed by atoms with E-state index in [0.717, 1.165) is 0 Å². The first-order valence-corrected chi connectivity index (χ1v) is 7.16. The van der Waals surface area contributed by atoms with E-state index in [1.165, 1.54) is 14.2 Å². The van der Waals surface area contributed by atoms with Gasteiger partial charge in [0.25, 0.3) is 5.91 Å². The van der Waals surface area contributed by atoms with Crippen molar-refractivity contribution in [1.29, 1.82) is 0 Å². The first kappa shape index (κ1) is 16.1. The molecule has 1 aliphatic rings. The Labute approximate surface area is 129 Å². The Hall–Kier alpha value is -2.24. The summed E-state index contributed by atoms with van der Waals surface area (Å²) in [6.07, 6.45) is 1.24. The topological polar surface area (TPSA) is 76.1 Å². The first-order valence-electron chi connectivity index (χ1n) is 7.16. The minimum absolute atomic E-state index is 0.196. The minimum atomic E-state index is -0.903. The summed E-state index contributed by atoms with van der Waals surface area (Å²) in [4.78, 5) is 25.8. The number of hydrogen-bond donors (Lipinski definition) is 1. The molecule has 0 radical (unpaired) electrons. The summed E-state index contributed by atoms with van der Waals surface area (Å²) >= 11 is 0. The number of aliphatic carboxylic acids is 1. The fraction of sp³-hybridized carbons (Fsp3) is 0.500. The van der Waals surface area contributed by atoms with Crippen molar-refractivity contribution < 1.29 is 24.2 Å². The van der Waals surface area contributed by atoms with Gasteiger partial charge in [0, 0.05) is 13.1 Å². The van der Waals surface area contributed by atoms with E-state index in [1.54, 1.807) is 30.0 Å². The third-order valence-corrected chi connectivity index (χ3v) is 4.14. The highest BCUT2D eigenvalue weighted by molar-refractivity contribution is 5.97. The van der Waals surface area contributed by atoms with Gasteiger partial charge in [-0.25, -0.2) is 0 Å². The number of ether oxygens (including phenoxy) is 2. The number of hydrogen-bond acceptors (Lipinski definition) is 4. The molecule has 0 saturated carbocycles. The highest BCUT2D eigenvalue weighted by atomic mass is 16.5. The molecule has 1 aromatic rings. The molecule has 0 spiro atoms. The molecule has 6 heteroatoms. The largest absolute Gasteiger partial charge is 0.497 e. The molecule has 0 aromatic heterocycles. The summed E-state index contributed by atoms with van der Waals surface area (Å²) in [5.74, 6) is -0.0962. The lowest BCUT2D eigenvalue weighted by atomic mass is 9.82. The van der Waals surface area contributed by atoms with E-state index in [0.29, 0.717) is 36.4 Å². The number of carbonyl (C=O) groups excluding carboxylic acids is 1. The van der Waals surface area contributed by atoms with Crippen molar-refractivity contribution in [3.63, 3.8) is 0 Å². The Kier molecular flexibility index (Phi) is 4.59. The fourth-order valence-electron chi connectivity index (χ4n) is 2.74. The summed E-state index contributed by atoms with van der Waals surface area (Å²) in [5, 5.41) is 9.37. The van der Waals surface area contributed by atoms with Crippen molar-refractivity contribution in [2.24, 2.45) is 5.41 Å². The lowest BCUT2D eigenvalue weighted by Gasteiger charge is -2.37. The Morgan fingerprint density at radius 2 is 2.00 bits per heavy atom. The van der Waals surface area contributed by atoms with Gasteiger partial charge in [-0.2, -0.15) is 0 Å². The van der Waals surface area contributed by atoms with Gasteiger partial charge in [-0.15, -0.1) is 0 Å². The van der Waals surface area contributed by atoms with E-state index < -0.39 is 11.4 Å². The number of likely N-dealkylation sites (tertiary alicyclic amines) is 1. The van der Waals surface area contributed by atoms with Crippen LogP contribution in [0.1, 0.15) is 30.1 Å². The molecule has 1 N–H and O–H groups in total. The van der Waals surface area contributed by atoms with Crippen LogP contribution in [0.4, 0.5) is 0 Å². The van der Waals surface area contributed by atoms with Crippen LogP contribution in [-0.4, -0.2) is 49.2 Å². The second kappa shape index (κ2) is 6.25. The van der Waals surface area contributed by atoms with Crippen LogP contribution in [0.25, 0.3) is 0 Å². The number of nitrogens with zero attached hydrogens (tertiary/aromatic N) is 1. The second-order valence-electron chi connectivity index (χ2n) is 5.76. The predicted octanol–water partition coefficient (Wildman–Crippen LogP) is 2.03. The van der Waals surface area contributed by atoms with Gasteiger partial charge in [0.1, 0.15) is 11.5 Å². The Morgan fingerprint density at radius 3 is 2.59 bits per heavy atom. The molecule has 1 unspecified atom stereocenters. The van der Waals surface area contributed by atoms with Crippen LogP contribution in [0.2, 0.25) is 0 Å². The summed E-state index contributed by atoms with van der Waals surface area (Å²) in [7, 11) is 3.02. The van der Waals surface area contributed by atoms with Crippen molar-refractivity contribution >= 4 is 11.9 Å². The summed E-state index contributed by atoms with van der Waals surface area (Å²) in [5.41, 5.74) is -0.517. The highest BCUT2D eigenvalue weighted by Crippen LogP contribution is 2.32. The zero-order chi connectivity index (χ0) is 16.3. The summed E-state index contributed by atoms with van der Waals surface area (Å²) in [6.45, 7) is 2.42. The smallest absolute Gasteiger partial charge is 0.311 e. The molecule has 1 saturated heterocycles. The van der Waals surface area contributed by atoms with E-state index in [4.69, 9.17) is 9.47 Å². The number of rotatable bonds is 4. The normalized spacial score (nSPS) is 21.3. The molecule has 1 fully saturated rings. The van der Waals surface area contributed by atoms with Gasteiger partial charge in [-0.05, 0) is 38.0 Å². The van der Waals surface area contributed by atoms with E-state index >= 15 is 0 Å². The van der Waals surface area contributed by atoms with Gasteiger partial charge in [-0.1, -0.05) is 0 Å². The number of piperidine rings is 1. The van der Waals surface area contributed by atoms with Crippen LogP contribution in [0, 0.1) is 5.41 Å². The maximum Gasteiger partial charge on any atom is 0.311 e. The zero-order valence-electron chi connectivity index (χ0n) is 13.1. The quantitative estimate of drug-likeness (QED) is 0.921. The fourth-order valence-corrected chi connectivity index (χ4v) is 2.74. The van der Waals surface area contributed by atoms with Crippen LogP contribution >= 0.6 is 0 Å². The van der Waals surface area contributed by atoms with Crippen LogP contribution < -0.4 is 9.47 Å². The van der Waals surface area contributed by atoms with Gasteiger partial charge >= 0.3 is 5.97 Å². The minimum Gasteiger partial charge on any atom is -0.497 e. The van der Waals surface area contributed by atoms with Crippen LogP contribution in [-0.2, 0) is 4.79 Å². The van der Waals surface area contributed by atoms with Crippen LogP contribution in [0.15, 0.2) is 18.2 Å². The number of carboxylic acid groups (broad SMARTS) is 1. The van der Waals surface area contributed by atoms with Gasteiger partial charge in [-0.3, -0.25) is 9.59 Å². The van der Waals surface area contributed by atoms with Gasteiger partial charge in [0.2, 0.25) is 0 Å². The molecule has 22 heavy (non-hydrogen) atoms. The van der Waals surface area contributed by atoms with Crippen molar-refractivity contribution in [3.05, 3.63) is 23.8 Å². The van der Waals surface area contributed by atoms with Gasteiger partial charge in [0.05, 0.1) is 25.2 Å². The molecule has 0 bridgehead atoms. The van der Waals surface area contributed by atoms with Crippen molar-refractivity contribution in [2.75, 3.05) is 27.3 Å². The molecule has 2 rings (SSSR count). The average Bonchev–Trinajstić information content (AvgIpc) is 2.53. The number of methoxy groups -OCH3 is 2. The third-order valence-electron chi connectivity index (χ3n) is 4.14. The maximum absolute atomic E-state index is 12.8. The van der Waals surface area contributed by atoms with Crippen LogP contribution in [0.5, 0.6) is 11.5 Å². The molecule has 120 valence electrons. The van der Waals surface area contributed by atoms with Crippen molar-refractivity contribution in [2.45, 2.75) is 19.8 Å². The molecule has 1 aliphatic heterocycles. The molecule has 1 atom stereocenters. The molecule has 0 aliphatic carbocycles. The Morgan fingerprint density at radius 1 is 1.27 bits per heavy atom. The molecule has 6 nitrogen and oxygen atoms in total. The first-order chi connectivity index (χ1) is 10.4.